The minimum atomic E-state index is -3.36. The molecular formula is C25H33N3O3S. The number of amides is 1. The molecule has 2 aromatic carbocycles. The first-order valence-electron chi connectivity index (χ1n) is 11.6. The largest absolute Gasteiger partial charge is 0.352 e. The third-order valence-electron chi connectivity index (χ3n) is 6.57. The van der Waals surface area contributed by atoms with Gasteiger partial charge in [0.15, 0.2) is 0 Å². The first kappa shape index (κ1) is 23.0. The van der Waals surface area contributed by atoms with E-state index in [4.69, 9.17) is 0 Å². The first-order valence-corrected chi connectivity index (χ1v) is 13.2. The SMILES string of the molecule is O=C(NCc1ccccc1CN1CCCC1)C1CCN(S(=O)(=O)Cc2ccccc2)CC1. The molecule has 4 rings (SSSR count). The molecule has 32 heavy (non-hydrogen) atoms. The van der Waals surface area contributed by atoms with Crippen LogP contribution in [0.1, 0.15) is 42.4 Å². The molecule has 2 heterocycles. The Balaban J connectivity index is 1.27. The molecule has 0 atom stereocenters. The van der Waals surface area contributed by atoms with E-state index in [1.54, 1.807) is 0 Å². The zero-order valence-electron chi connectivity index (χ0n) is 18.6. The lowest BCUT2D eigenvalue weighted by atomic mass is 9.97. The van der Waals surface area contributed by atoms with Crippen molar-refractivity contribution in [1.82, 2.24) is 14.5 Å². The van der Waals surface area contributed by atoms with Gasteiger partial charge in [0, 0.05) is 32.1 Å². The summed E-state index contributed by atoms with van der Waals surface area (Å²) in [7, 11) is -3.36. The van der Waals surface area contributed by atoms with Gasteiger partial charge in [-0.1, -0.05) is 54.6 Å². The van der Waals surface area contributed by atoms with Crippen LogP contribution < -0.4 is 5.32 Å². The number of carbonyl (C=O) groups excluding carboxylic acids is 1. The maximum absolute atomic E-state index is 12.8. The van der Waals surface area contributed by atoms with Gasteiger partial charge in [0.1, 0.15) is 0 Å². The van der Waals surface area contributed by atoms with Crippen molar-refractivity contribution in [2.24, 2.45) is 5.92 Å². The average Bonchev–Trinajstić information content (AvgIpc) is 3.32. The van der Waals surface area contributed by atoms with Crippen LogP contribution in [-0.4, -0.2) is 49.7 Å². The standard InChI is InChI=1S/C25H33N3O3S/c29-25(26-18-23-10-4-5-11-24(23)19-27-14-6-7-15-27)22-12-16-28(17-13-22)32(30,31)20-21-8-2-1-3-9-21/h1-5,8-11,22H,6-7,12-20H2,(H,26,29). The lowest BCUT2D eigenvalue weighted by Crippen LogP contribution is -2.43. The maximum atomic E-state index is 12.8. The molecule has 0 unspecified atom stereocenters. The number of nitrogens with zero attached hydrogens (tertiary/aromatic N) is 2. The topological polar surface area (TPSA) is 69.7 Å². The molecule has 6 nitrogen and oxygen atoms in total. The van der Waals surface area contributed by atoms with E-state index >= 15 is 0 Å². The number of likely N-dealkylation sites (tertiary alicyclic amines) is 1. The quantitative estimate of drug-likeness (QED) is 0.664. The van der Waals surface area contributed by atoms with Crippen molar-refractivity contribution in [3.8, 4) is 0 Å². The van der Waals surface area contributed by atoms with Crippen molar-refractivity contribution in [2.75, 3.05) is 26.2 Å². The van der Waals surface area contributed by atoms with Gasteiger partial charge in [-0.3, -0.25) is 9.69 Å². The molecule has 0 bridgehead atoms. The van der Waals surface area contributed by atoms with Crippen LogP contribution in [0.4, 0.5) is 0 Å². The van der Waals surface area contributed by atoms with Crippen LogP contribution in [0.5, 0.6) is 0 Å². The molecule has 1 N–H and O–H groups in total. The lowest BCUT2D eigenvalue weighted by Gasteiger charge is -2.30. The van der Waals surface area contributed by atoms with E-state index in [-0.39, 0.29) is 17.6 Å². The Labute approximate surface area is 191 Å². The third-order valence-corrected chi connectivity index (χ3v) is 8.42. The van der Waals surface area contributed by atoms with Crippen molar-refractivity contribution in [2.45, 2.75) is 44.5 Å². The highest BCUT2D eigenvalue weighted by Gasteiger charge is 2.31. The summed E-state index contributed by atoms with van der Waals surface area (Å²) in [6.07, 6.45) is 3.65. The van der Waals surface area contributed by atoms with Crippen LogP contribution in [-0.2, 0) is 33.7 Å². The Bertz CT molecular complexity index is 996. The second-order valence-electron chi connectivity index (χ2n) is 8.88. The van der Waals surface area contributed by atoms with Gasteiger partial charge in [0.05, 0.1) is 5.75 Å². The van der Waals surface area contributed by atoms with Crippen molar-refractivity contribution in [1.29, 1.82) is 0 Å². The van der Waals surface area contributed by atoms with Crippen LogP contribution in [0.25, 0.3) is 0 Å². The summed E-state index contributed by atoms with van der Waals surface area (Å²) in [4.78, 5) is 15.2. The van der Waals surface area contributed by atoms with Crippen molar-refractivity contribution in [3.63, 3.8) is 0 Å². The zero-order valence-corrected chi connectivity index (χ0v) is 19.4. The lowest BCUT2D eigenvalue weighted by molar-refractivity contribution is -0.126. The molecule has 172 valence electrons. The van der Waals surface area contributed by atoms with Crippen LogP contribution in [0, 0.1) is 5.92 Å². The Morgan fingerprint density at radius 2 is 1.50 bits per heavy atom. The molecule has 0 aromatic heterocycles. The van der Waals surface area contributed by atoms with E-state index in [2.05, 4.69) is 28.4 Å². The Hall–Kier alpha value is -2.22. The number of carbonyl (C=O) groups is 1. The van der Waals surface area contributed by atoms with Crippen LogP contribution >= 0.6 is 0 Å². The number of benzene rings is 2. The number of rotatable bonds is 8. The van der Waals surface area contributed by atoms with E-state index in [1.165, 1.54) is 22.7 Å². The van der Waals surface area contributed by atoms with E-state index in [1.807, 2.05) is 36.4 Å². The molecule has 0 aliphatic carbocycles. The molecule has 0 saturated carbocycles. The highest BCUT2D eigenvalue weighted by Crippen LogP contribution is 2.22. The second-order valence-corrected chi connectivity index (χ2v) is 10.9. The molecular weight excluding hydrogens is 422 g/mol. The van der Waals surface area contributed by atoms with Crippen molar-refractivity contribution in [3.05, 3.63) is 71.3 Å². The minimum Gasteiger partial charge on any atom is -0.352 e. The zero-order chi connectivity index (χ0) is 22.4. The Morgan fingerprint density at radius 1 is 0.875 bits per heavy atom. The number of hydrogen-bond acceptors (Lipinski definition) is 4. The number of sulfonamides is 1. The average molecular weight is 456 g/mol. The van der Waals surface area contributed by atoms with Crippen molar-refractivity contribution >= 4 is 15.9 Å². The first-order chi connectivity index (χ1) is 15.5. The van der Waals surface area contributed by atoms with Gasteiger partial charge < -0.3 is 5.32 Å². The fourth-order valence-corrected chi connectivity index (χ4v) is 6.23. The number of hydrogen-bond donors (Lipinski definition) is 1. The fourth-order valence-electron chi connectivity index (χ4n) is 4.66. The molecule has 2 aromatic rings. The van der Waals surface area contributed by atoms with Crippen LogP contribution in [0.3, 0.4) is 0 Å². The van der Waals surface area contributed by atoms with Crippen molar-refractivity contribution < 1.29 is 13.2 Å². The summed E-state index contributed by atoms with van der Waals surface area (Å²) in [6, 6.07) is 17.6. The van der Waals surface area contributed by atoms with Gasteiger partial charge in [0.2, 0.25) is 15.9 Å². The molecule has 7 heteroatoms. The van der Waals surface area contributed by atoms with E-state index in [0.717, 1.165) is 30.8 Å². The van der Waals surface area contributed by atoms with E-state index < -0.39 is 10.0 Å². The molecule has 1 amide bonds. The van der Waals surface area contributed by atoms with E-state index in [0.29, 0.717) is 32.5 Å². The number of piperidine rings is 1. The predicted octanol–water partition coefficient (Wildman–Crippen LogP) is 3.14. The summed E-state index contributed by atoms with van der Waals surface area (Å²) in [5.74, 6) is -0.0941. The molecule has 2 saturated heterocycles. The highest BCUT2D eigenvalue weighted by molar-refractivity contribution is 7.88. The van der Waals surface area contributed by atoms with E-state index in [9.17, 15) is 13.2 Å². The Morgan fingerprint density at radius 3 is 2.19 bits per heavy atom. The predicted molar refractivity (Wildman–Crippen MR) is 126 cm³/mol. The van der Waals surface area contributed by atoms with Gasteiger partial charge in [0.25, 0.3) is 0 Å². The van der Waals surface area contributed by atoms with Gasteiger partial charge >= 0.3 is 0 Å². The summed E-state index contributed by atoms with van der Waals surface area (Å²) < 4.78 is 27.0. The minimum absolute atomic E-state index is 0.0124. The summed E-state index contributed by atoms with van der Waals surface area (Å²) in [6.45, 7) is 4.55. The van der Waals surface area contributed by atoms with Gasteiger partial charge in [-0.25, -0.2) is 12.7 Å². The smallest absolute Gasteiger partial charge is 0.223 e. The second kappa shape index (κ2) is 10.6. The molecule has 2 fully saturated rings. The monoisotopic (exact) mass is 455 g/mol. The summed E-state index contributed by atoms with van der Waals surface area (Å²) in [5.41, 5.74) is 3.23. The van der Waals surface area contributed by atoms with Gasteiger partial charge in [-0.15, -0.1) is 0 Å². The van der Waals surface area contributed by atoms with Gasteiger partial charge in [-0.2, -0.15) is 0 Å². The summed E-state index contributed by atoms with van der Waals surface area (Å²) in [5, 5.41) is 3.10. The number of nitrogens with one attached hydrogen (secondary N) is 1. The molecule has 2 aliphatic heterocycles. The summed E-state index contributed by atoms with van der Waals surface area (Å²) >= 11 is 0. The highest BCUT2D eigenvalue weighted by atomic mass is 32.2. The normalized spacial score (nSPS) is 18.6. The fraction of sp³-hybridized carbons (Fsp3) is 0.480. The Kier molecular flexibility index (Phi) is 7.60. The van der Waals surface area contributed by atoms with Gasteiger partial charge in [-0.05, 0) is 55.5 Å². The third kappa shape index (κ3) is 5.97. The molecule has 2 aliphatic rings. The molecule has 0 spiro atoms. The van der Waals surface area contributed by atoms with Crippen LogP contribution in [0.15, 0.2) is 54.6 Å². The molecule has 0 radical (unpaired) electrons. The van der Waals surface area contributed by atoms with Crippen LogP contribution in [0.2, 0.25) is 0 Å². The maximum Gasteiger partial charge on any atom is 0.223 e.